The zero-order valence-electron chi connectivity index (χ0n) is 68.5. The van der Waals surface area contributed by atoms with Gasteiger partial charge in [-0.05, 0) is 18.2 Å². The number of phosphoric acid groups is 2. The third-order valence-corrected chi connectivity index (χ3v) is 28.2. The molecule has 26 N–H and O–H groups in total. The summed E-state index contributed by atoms with van der Waals surface area (Å²) in [5.41, 5.74) is 28.8. The summed E-state index contributed by atoms with van der Waals surface area (Å²) >= 11 is 0. The standard InChI is InChI=1S/C22H27N9O13P2.2C21H25N9O13P2/c1-24-8-2-3-25-16-10(8)26-5-30(16)19-12(32)14-9(41-19)4-40-46(37,38)44-15-13(33)20(42-21(15)39-7-45(35,36)43-14)31-6-27-11-17(31)28-22(23)29-18(11)34;22-7-1-2-24-14-8(7)25-3-29(14)17-10(31)12-19(40-17)38-5-45(36,37)43-13-11(32)18(41-20(13)39-6-44(34,35)42-12)30-4-26-9-15(30)27-21(23)28-16(9)33;22-7-1-2-24-15-9(7)25-4-29(15)18-11(31)13-8(40-18)3-39-45(36,37)43-14-12(32)19(41-20(14)38-6-44(34,35)42-13)30-5-26-10-16(30)27-21(23)28-17(10)33/h2-3,5-6,9,12-15,19-21,32-33H,4,7H2,1H3,(H,24,25)(H,35,36)(H,37,38)(H3,23,28,29,34);1-4,10-13,17-20,31-32H,5-6H2,(H2,22,24)(H,34,35)(H,36,37)(H3,23,27,28,33);1-2,4-5,8,11-14,18-20,31-32H,3,6H2,(H2,22,24)(H,34,35)(H,36,37)(H3,23,27,28,33)/t9-,12?,13?,14+,15-,19-,20-,21+;10?,11?,12-,13-,17-,18-,19+,20+;8-,11?,12?,13+,14-,18-,19-,20+/m111/s1. The molecule has 0 radical (unpaired) electrons. The summed E-state index contributed by atoms with van der Waals surface area (Å²) in [6, 6.07) is 4.70. The molecule has 9 fully saturated rings. The molecule has 12 unspecified atom stereocenters. The SMILES string of the molecule is CNc1ccnc2c1ncn2[C@@H]1O[C@@H]2COP(=O)(O)O[C@@H]3C(O)[C@H](n4cnc5c(=O)[nH]c(N)nc54)O[C@@H]3OCP(=O)(O)O[C@@H]2C1O.Nc1nc2c(ncn2[C@@H]2O[C@@H]3OCP(=O)(O)O[C@@H]4C(O)[C@H](n5cnc6c(N)ccnc65)O[C@@H]4COP(=O)(O)O[C@@H]3C2O)c(=O)[nH]1.Nc1nc2c(ncn2[C@@H]2O[C@@H]3OCP(=O)(O)O[C@@H]4C(O)[C@H](n5cnc6c(N)ccnc65)O[C@@H]4OCP(=O)(O)O[C@@H]3C2O)c(=O)[nH]1. The van der Waals surface area contributed by atoms with Gasteiger partial charge in [-0.25, -0.2) is 54.0 Å². The van der Waals surface area contributed by atoms with Crippen molar-refractivity contribution in [3.05, 3.63) is 106 Å². The molecule has 12 aromatic heterocycles. The number of nitrogen functional groups attached to an aromatic ring is 5. The molecule has 21 rings (SSSR count). The zero-order valence-corrected chi connectivity index (χ0v) is 73.9. The average Bonchev–Trinajstić information content (AvgIpc) is 1.58. The number of hydrogen-bond donors (Lipinski definition) is 21. The molecule has 732 valence electrons. The van der Waals surface area contributed by atoms with Crippen molar-refractivity contribution >= 4 is 148 Å². The molecule has 0 aromatic carbocycles. The van der Waals surface area contributed by atoms with Crippen LogP contribution in [0.25, 0.3) is 67.0 Å². The highest BCUT2D eigenvalue weighted by Gasteiger charge is 2.59. The van der Waals surface area contributed by atoms with Crippen LogP contribution in [0.2, 0.25) is 0 Å². The van der Waals surface area contributed by atoms with Gasteiger partial charge in [0.15, 0.2) is 151 Å². The predicted octanol–water partition coefficient (Wildman–Crippen LogP) is -4.75. The number of aromatic amines is 3. The molecule has 30 atom stereocenters. The van der Waals surface area contributed by atoms with Crippen LogP contribution in [0, 0.1) is 0 Å². The molecule has 72 heteroatoms. The summed E-state index contributed by atoms with van der Waals surface area (Å²) in [4.78, 5) is 156. The number of nitrogens with two attached hydrogens (primary N) is 5. The second-order valence-electron chi connectivity index (χ2n) is 31.0. The number of nitrogens with zero attached hydrogens (tertiary/aromatic N) is 18. The van der Waals surface area contributed by atoms with Gasteiger partial charge in [0.25, 0.3) is 16.7 Å². The number of fused-ring (bicyclic) bond motifs is 12. The Morgan fingerprint density at radius 2 is 0.603 bits per heavy atom. The first-order valence-electron chi connectivity index (χ1n) is 39.6. The van der Waals surface area contributed by atoms with E-state index in [4.69, 9.17) is 112 Å². The molecule has 136 heavy (non-hydrogen) atoms. The van der Waals surface area contributed by atoms with Crippen LogP contribution in [-0.4, -0.2) is 318 Å². The summed E-state index contributed by atoms with van der Waals surface area (Å²) in [6.45, 7) is -1.56. The Morgan fingerprint density at radius 1 is 0.346 bits per heavy atom. The maximum absolute atomic E-state index is 13.2. The highest BCUT2D eigenvalue weighted by atomic mass is 31.2. The first-order valence-corrected chi connectivity index (χ1v) is 49.6. The quantitative estimate of drug-likeness (QED) is 0.0666. The van der Waals surface area contributed by atoms with Crippen molar-refractivity contribution in [1.29, 1.82) is 0 Å². The molecule has 9 aliphatic rings. The van der Waals surface area contributed by atoms with Crippen molar-refractivity contribution in [2.24, 2.45) is 0 Å². The monoisotopic (exact) mass is 2030 g/mol. The van der Waals surface area contributed by atoms with E-state index in [1.807, 2.05) is 0 Å². The third kappa shape index (κ3) is 18.1. The number of phosphoric ester groups is 2. The molecule has 0 amide bonds. The normalized spacial score (nSPS) is 37.5. The second kappa shape index (κ2) is 36.0. The number of aliphatic hydroxyl groups excluding tert-OH is 6. The van der Waals surface area contributed by atoms with Crippen molar-refractivity contribution in [3.8, 4) is 0 Å². The number of hydrogen-bond acceptors (Lipinski definition) is 51. The Hall–Kier alpha value is -10.1. The fourth-order valence-electron chi connectivity index (χ4n) is 16.1. The number of imidazole rings is 6. The molecule has 0 bridgehead atoms. The van der Waals surface area contributed by atoms with Crippen molar-refractivity contribution < 1.29 is 171 Å². The molecule has 0 aliphatic carbocycles. The van der Waals surface area contributed by atoms with Gasteiger partial charge in [-0.2, -0.15) is 15.0 Å². The lowest BCUT2D eigenvalue weighted by Gasteiger charge is -2.28. The van der Waals surface area contributed by atoms with Gasteiger partial charge in [-0.1, -0.05) is 0 Å². The summed E-state index contributed by atoms with van der Waals surface area (Å²) in [7, 11) is -27.5. The van der Waals surface area contributed by atoms with Gasteiger partial charge < -0.3 is 141 Å². The van der Waals surface area contributed by atoms with E-state index in [0.29, 0.717) is 28.1 Å². The van der Waals surface area contributed by atoms with E-state index < -0.39 is 249 Å². The minimum absolute atomic E-state index is 0.110. The lowest BCUT2D eigenvalue weighted by molar-refractivity contribution is -0.178. The van der Waals surface area contributed by atoms with E-state index in [2.05, 4.69) is 80.1 Å². The van der Waals surface area contributed by atoms with Crippen LogP contribution in [0.15, 0.2) is 89.1 Å². The van der Waals surface area contributed by atoms with E-state index in [1.54, 1.807) is 13.1 Å². The topological polar surface area (TPSA) is 936 Å². The van der Waals surface area contributed by atoms with Gasteiger partial charge in [0, 0.05) is 25.6 Å². The van der Waals surface area contributed by atoms with E-state index in [1.165, 1.54) is 63.4 Å². The molecule has 12 aromatic rings. The van der Waals surface area contributed by atoms with Crippen LogP contribution in [-0.2, 0) is 111 Å². The summed E-state index contributed by atoms with van der Waals surface area (Å²) in [5, 5.41) is 69.8. The van der Waals surface area contributed by atoms with Crippen molar-refractivity contribution in [2.75, 3.05) is 79.6 Å². The number of ether oxygens (including phenoxy) is 10. The third-order valence-electron chi connectivity index (χ3n) is 22.1. The zero-order chi connectivity index (χ0) is 96.2. The van der Waals surface area contributed by atoms with Gasteiger partial charge in [0.1, 0.15) is 89.8 Å². The lowest BCUT2D eigenvalue weighted by Crippen LogP contribution is -2.38. The van der Waals surface area contributed by atoms with Crippen LogP contribution in [0.3, 0.4) is 0 Å². The molecule has 21 heterocycles. The first kappa shape index (κ1) is 94.8. The van der Waals surface area contributed by atoms with Crippen LogP contribution in [0.5, 0.6) is 0 Å². The molecule has 0 saturated carbocycles. The number of pyridine rings is 3. The smallest absolute Gasteiger partial charge is 0.397 e. The molecule has 66 nitrogen and oxygen atoms in total. The number of rotatable bonds is 7. The first-order chi connectivity index (χ1) is 64.5. The van der Waals surface area contributed by atoms with Gasteiger partial charge in [-0.3, -0.25) is 111 Å². The maximum atomic E-state index is 13.2. The van der Waals surface area contributed by atoms with Crippen molar-refractivity contribution in [1.82, 2.24) is 102 Å². The largest absolute Gasteiger partial charge is 0.472 e. The molecular weight excluding hydrogens is 1960 g/mol. The number of aliphatic hydroxyl groups is 6. The van der Waals surface area contributed by atoms with Crippen LogP contribution >= 0.6 is 46.0 Å². The fraction of sp³-hybridized carbons (Fsp3) is 0.484. The van der Waals surface area contributed by atoms with Crippen LogP contribution in [0.1, 0.15) is 37.4 Å². The van der Waals surface area contributed by atoms with Crippen molar-refractivity contribution in [3.63, 3.8) is 0 Å². The Morgan fingerprint density at radius 3 is 0.919 bits per heavy atom. The molecule has 0 spiro atoms. The number of nitrogens with one attached hydrogen (secondary N) is 4. The van der Waals surface area contributed by atoms with E-state index in [0.717, 1.165) is 32.7 Å². The molecule has 9 saturated heterocycles. The fourth-order valence-corrected chi connectivity index (χ4v) is 22.0. The summed E-state index contributed by atoms with van der Waals surface area (Å²) in [6.07, 6.45) is -31.7. The Labute approximate surface area is 751 Å². The Kier molecular flexibility index (Phi) is 25.1. The highest BCUT2D eigenvalue weighted by Crippen LogP contribution is 2.58. The number of anilines is 6. The van der Waals surface area contributed by atoms with E-state index in [9.17, 15) is 102 Å². The molecular formula is C64H77N27O39P6. The number of H-pyrrole nitrogens is 3. The van der Waals surface area contributed by atoms with Gasteiger partial charge in [0.2, 0.25) is 17.8 Å². The molecule has 9 aliphatic heterocycles. The predicted molar refractivity (Wildman–Crippen MR) is 442 cm³/mol. The summed E-state index contributed by atoms with van der Waals surface area (Å²) < 4.78 is 185. The number of aromatic nitrogens is 21. The van der Waals surface area contributed by atoms with Gasteiger partial charge >= 0.3 is 46.0 Å². The van der Waals surface area contributed by atoms with Gasteiger partial charge in [-0.15, -0.1) is 0 Å². The maximum Gasteiger partial charge on any atom is 0.472 e. The Bertz CT molecular complexity index is 6850. The minimum Gasteiger partial charge on any atom is -0.397 e. The average molecular weight is 2030 g/mol. The summed E-state index contributed by atoms with van der Waals surface area (Å²) in [5.74, 6) is -0.809. The van der Waals surface area contributed by atoms with E-state index >= 15 is 0 Å². The Balaban J connectivity index is 0.000000131. The lowest BCUT2D eigenvalue weighted by atomic mass is 10.1. The van der Waals surface area contributed by atoms with Gasteiger partial charge in [0.05, 0.1) is 68.2 Å². The van der Waals surface area contributed by atoms with Crippen LogP contribution < -0.4 is 50.7 Å². The minimum atomic E-state index is -5.07. The highest BCUT2D eigenvalue weighted by molar-refractivity contribution is 7.53. The second-order valence-corrected chi connectivity index (χ2v) is 40.8. The van der Waals surface area contributed by atoms with E-state index in [-0.39, 0.29) is 73.8 Å². The van der Waals surface area contributed by atoms with Crippen LogP contribution in [0.4, 0.5) is 34.9 Å². The van der Waals surface area contributed by atoms with Crippen molar-refractivity contribution in [2.45, 2.75) is 148 Å².